The van der Waals surface area contributed by atoms with E-state index >= 15 is 0 Å². The largest absolute Gasteiger partial charge is 0.478 e. The Morgan fingerprint density at radius 3 is 1.30 bits per heavy atom. The maximum atomic E-state index is 5.92. The number of nitrogens with zero attached hydrogens (tertiary/aromatic N) is 6. The summed E-state index contributed by atoms with van der Waals surface area (Å²) in [7, 11) is 12.3. The van der Waals surface area contributed by atoms with Crippen LogP contribution in [0.15, 0.2) is 72.8 Å². The van der Waals surface area contributed by atoms with Crippen LogP contribution < -0.4 is 23.7 Å². The molecule has 0 fully saturated rings. The first-order chi connectivity index (χ1) is 29.1. The van der Waals surface area contributed by atoms with Gasteiger partial charge in [-0.15, -0.1) is 0 Å². The van der Waals surface area contributed by atoms with Crippen molar-refractivity contribution in [2.45, 2.75) is 45.9 Å². The Bertz CT molecular complexity index is 2480. The average molecular weight is 811 g/mol. The van der Waals surface area contributed by atoms with Gasteiger partial charge < -0.3 is 23.7 Å². The van der Waals surface area contributed by atoms with Crippen molar-refractivity contribution in [3.8, 4) is 28.7 Å². The van der Waals surface area contributed by atoms with Crippen LogP contribution in [0.2, 0.25) is 0 Å². The smallest absolute Gasteiger partial charge is 0.142 e. The van der Waals surface area contributed by atoms with Crippen molar-refractivity contribution in [1.29, 1.82) is 0 Å². The van der Waals surface area contributed by atoms with Crippen molar-refractivity contribution in [2.24, 2.45) is 0 Å². The van der Waals surface area contributed by atoms with Crippen molar-refractivity contribution in [3.63, 3.8) is 0 Å². The van der Waals surface area contributed by atoms with Crippen LogP contribution in [-0.2, 0) is 50.7 Å². The first-order valence-electron chi connectivity index (χ1n) is 20.8. The van der Waals surface area contributed by atoms with Gasteiger partial charge in [0.05, 0.1) is 6.61 Å². The van der Waals surface area contributed by atoms with Crippen molar-refractivity contribution in [3.05, 3.63) is 112 Å². The molecule has 0 amide bonds. The third kappa shape index (κ3) is 7.69. The number of hydrogen-bond acceptors (Lipinski definition) is 12. The molecule has 12 heteroatoms. The van der Waals surface area contributed by atoms with E-state index in [1.165, 1.54) is 71.3 Å². The molecular weight excluding hydrogens is 757 g/mol. The van der Waals surface area contributed by atoms with E-state index < -0.39 is 0 Å². The first-order valence-corrected chi connectivity index (χ1v) is 20.8. The zero-order valence-electron chi connectivity index (χ0n) is 35.5. The molecule has 6 aliphatic rings. The van der Waals surface area contributed by atoms with E-state index in [9.17, 15) is 0 Å². The van der Waals surface area contributed by atoms with Gasteiger partial charge in [0.25, 0.3) is 0 Å². The van der Waals surface area contributed by atoms with Crippen molar-refractivity contribution >= 4 is 32.3 Å². The van der Waals surface area contributed by atoms with Crippen LogP contribution >= 0.6 is 0 Å². The normalized spacial score (nSPS) is 19.2. The Balaban J connectivity index is 0.000000108. The second-order valence-electron chi connectivity index (χ2n) is 17.4. The minimum Gasteiger partial charge on any atom is -0.478 e. The summed E-state index contributed by atoms with van der Waals surface area (Å²) in [6.07, 6.45) is 0. The van der Waals surface area contributed by atoms with Crippen molar-refractivity contribution in [1.82, 2.24) is 29.6 Å². The molecule has 12 nitrogen and oxygen atoms in total. The highest BCUT2D eigenvalue weighted by molar-refractivity contribution is 5.95. The highest BCUT2D eigenvalue weighted by Gasteiger charge is 2.24. The molecule has 0 aliphatic carbocycles. The summed E-state index contributed by atoms with van der Waals surface area (Å²) in [5.41, 5.74) is 8.96. The zero-order chi connectivity index (χ0) is 41.1. The minimum atomic E-state index is 0.646. The van der Waals surface area contributed by atoms with Gasteiger partial charge in [-0.05, 0) is 104 Å². The van der Waals surface area contributed by atoms with Gasteiger partial charge in [-0.25, -0.2) is 0 Å². The summed E-state index contributed by atoms with van der Waals surface area (Å²) in [5.74, 6) is 5.06. The second-order valence-corrected chi connectivity index (χ2v) is 17.4. The summed E-state index contributed by atoms with van der Waals surface area (Å²) in [5, 5.41) is 9.21. The van der Waals surface area contributed by atoms with Gasteiger partial charge in [0.15, 0.2) is 0 Å². The van der Waals surface area contributed by atoms with Gasteiger partial charge >= 0.3 is 0 Å². The lowest BCUT2D eigenvalue weighted by Crippen LogP contribution is -2.29. The molecule has 0 aromatic heterocycles. The standard InChI is InChI=1S/3C16H18N2O2/c1-17-7-13-3-11-4-14-8-18(2)10-20-16(14)6-12(11)5-15(13)19-9-17;1-17-7-11-3-5-14-13(15(11)19-9-17)6-4-12-8-18(2)10-20-16(12)14;1-17-7-13-5-14-11(6-16(13)19-10-17)3-4-12-8-18(2)20-9-15(12)14/h3*3-6H,7-10H2,1-2H3. The van der Waals surface area contributed by atoms with Crippen LogP contribution in [0.1, 0.15) is 38.9 Å². The molecule has 0 saturated heterocycles. The third-order valence-corrected chi connectivity index (χ3v) is 12.1. The fourth-order valence-electron chi connectivity index (χ4n) is 9.06. The van der Waals surface area contributed by atoms with E-state index in [1.54, 1.807) is 0 Å². The average Bonchev–Trinajstić information content (AvgIpc) is 3.24. The molecule has 6 aromatic carbocycles. The van der Waals surface area contributed by atoms with E-state index in [-0.39, 0.29) is 0 Å². The lowest BCUT2D eigenvalue weighted by molar-refractivity contribution is -0.167. The molecule has 6 aromatic rings. The summed E-state index contributed by atoms with van der Waals surface area (Å²) < 4.78 is 29.2. The summed E-state index contributed by atoms with van der Waals surface area (Å²) >= 11 is 0. The fraction of sp³-hybridized carbons (Fsp3) is 0.375. The van der Waals surface area contributed by atoms with Gasteiger partial charge in [-0.1, -0.05) is 36.4 Å². The predicted molar refractivity (Wildman–Crippen MR) is 233 cm³/mol. The second kappa shape index (κ2) is 16.0. The zero-order valence-corrected chi connectivity index (χ0v) is 35.5. The topological polar surface area (TPSA) is 74.8 Å². The molecule has 6 aliphatic heterocycles. The summed E-state index contributed by atoms with van der Waals surface area (Å²) in [6, 6.07) is 26.3. The molecule has 6 heterocycles. The van der Waals surface area contributed by atoms with E-state index in [0.717, 1.165) is 68.0 Å². The van der Waals surface area contributed by atoms with E-state index in [4.69, 9.17) is 28.5 Å². The van der Waals surface area contributed by atoms with E-state index in [2.05, 4.69) is 133 Å². The molecule has 0 saturated carbocycles. The minimum absolute atomic E-state index is 0.646. The Morgan fingerprint density at radius 2 is 0.783 bits per heavy atom. The van der Waals surface area contributed by atoms with Gasteiger partial charge in [-0.3, -0.25) is 29.3 Å². The van der Waals surface area contributed by atoms with Gasteiger partial charge in [0, 0.05) is 84.9 Å². The number of ether oxygens (including phenoxy) is 5. The molecule has 0 radical (unpaired) electrons. The van der Waals surface area contributed by atoms with Crippen LogP contribution in [0.3, 0.4) is 0 Å². The van der Waals surface area contributed by atoms with Crippen LogP contribution in [0.5, 0.6) is 28.7 Å². The number of fused-ring (bicyclic) bond motifs is 12. The maximum absolute atomic E-state index is 5.92. The SMILES string of the molecule is CN1COc2c(ccc3c4c(ccc23)CN(C)CO4)C1.CN1COc2cc3cc4c(cc3cc2C1)CN(C)CO4.CN1COc2cc3ccc4c(c3cc2C1)CON(C)C4. The van der Waals surface area contributed by atoms with Crippen molar-refractivity contribution < 1.29 is 28.5 Å². The molecule has 0 N–H and O–H groups in total. The van der Waals surface area contributed by atoms with Crippen LogP contribution in [-0.4, -0.2) is 106 Å². The van der Waals surface area contributed by atoms with Crippen LogP contribution in [0.25, 0.3) is 32.3 Å². The maximum Gasteiger partial charge on any atom is 0.142 e. The van der Waals surface area contributed by atoms with Gasteiger partial charge in [0.2, 0.25) is 0 Å². The monoisotopic (exact) mass is 810 g/mol. The number of hydroxylamine groups is 2. The molecule has 0 unspecified atom stereocenters. The molecule has 60 heavy (non-hydrogen) atoms. The fourth-order valence-corrected chi connectivity index (χ4v) is 9.06. The molecule has 12 rings (SSSR count). The lowest BCUT2D eigenvalue weighted by Gasteiger charge is -2.29. The predicted octanol–water partition coefficient (Wildman–Crippen LogP) is 7.30. The molecule has 0 bridgehead atoms. The van der Waals surface area contributed by atoms with Gasteiger partial charge in [-0.2, -0.15) is 5.06 Å². The highest BCUT2D eigenvalue weighted by Crippen LogP contribution is 2.41. The number of hydrogen-bond donors (Lipinski definition) is 0. The molecule has 0 atom stereocenters. The number of benzene rings is 6. The third-order valence-electron chi connectivity index (χ3n) is 12.1. The summed E-state index contributed by atoms with van der Waals surface area (Å²) in [4.78, 5) is 16.5. The van der Waals surface area contributed by atoms with Crippen molar-refractivity contribution in [2.75, 3.05) is 75.9 Å². The quantitative estimate of drug-likeness (QED) is 0.155. The lowest BCUT2D eigenvalue weighted by atomic mass is 9.96. The number of rotatable bonds is 0. The molecule has 0 spiro atoms. The Hall–Kier alpha value is -5.18. The molecular formula is C48H54N6O6. The Morgan fingerprint density at radius 1 is 0.367 bits per heavy atom. The van der Waals surface area contributed by atoms with Crippen LogP contribution in [0.4, 0.5) is 0 Å². The summed E-state index contributed by atoms with van der Waals surface area (Å²) in [6.45, 7) is 9.47. The van der Waals surface area contributed by atoms with E-state index in [0.29, 0.717) is 40.3 Å². The first kappa shape index (κ1) is 39.0. The van der Waals surface area contributed by atoms with Gasteiger partial charge in [0.1, 0.15) is 62.4 Å². The Kier molecular flexibility index (Phi) is 10.4. The Labute approximate surface area is 351 Å². The molecule has 312 valence electrons. The van der Waals surface area contributed by atoms with E-state index in [1.807, 2.05) is 12.1 Å². The highest BCUT2D eigenvalue weighted by atomic mass is 16.7. The van der Waals surface area contributed by atoms with Crippen LogP contribution in [0, 0.1) is 0 Å².